The Hall–Kier alpha value is -4.49. The number of hydrogen-bond donors (Lipinski definition) is 3. The molecule has 0 spiro atoms. The highest BCUT2D eigenvalue weighted by atomic mass is 19.1. The molecule has 3 aromatic rings. The van der Waals surface area contributed by atoms with Crippen molar-refractivity contribution in [3.8, 4) is 11.4 Å². The van der Waals surface area contributed by atoms with E-state index in [0.29, 0.717) is 31.0 Å². The fraction of sp³-hybridized carbons (Fsp3) is 0.357. The first-order valence-electron chi connectivity index (χ1n) is 12.9. The molecule has 2 heterocycles. The van der Waals surface area contributed by atoms with Crippen molar-refractivity contribution >= 4 is 40.1 Å². The van der Waals surface area contributed by atoms with Gasteiger partial charge in [0, 0.05) is 46.3 Å². The summed E-state index contributed by atoms with van der Waals surface area (Å²) in [5, 5.41) is 14.8. The van der Waals surface area contributed by atoms with Crippen molar-refractivity contribution in [3.63, 3.8) is 0 Å². The first-order chi connectivity index (χ1) is 19.6. The van der Waals surface area contributed by atoms with Crippen LogP contribution in [-0.2, 0) is 19.1 Å². The van der Waals surface area contributed by atoms with Crippen LogP contribution in [0.5, 0.6) is 5.75 Å². The number of pyridine rings is 1. The number of aromatic carboxylic acids is 1. The Kier molecular flexibility index (Phi) is 9.20. The second kappa shape index (κ2) is 12.8. The Morgan fingerprint density at radius 3 is 2.56 bits per heavy atom. The number of carbonyl (C=O) groups excluding carboxylic acids is 2. The van der Waals surface area contributed by atoms with Crippen LogP contribution in [0.2, 0.25) is 0 Å². The molecule has 3 N–H and O–H groups in total. The lowest BCUT2D eigenvalue weighted by molar-refractivity contribution is -0.119. The Bertz CT molecular complexity index is 1540. The molecule has 1 aromatic heterocycles. The molecule has 1 aliphatic rings. The van der Waals surface area contributed by atoms with Crippen LogP contribution in [0.1, 0.15) is 30.6 Å². The molecule has 0 aliphatic carbocycles. The maximum absolute atomic E-state index is 16.1. The fourth-order valence-corrected chi connectivity index (χ4v) is 4.79. The highest BCUT2D eigenvalue weighted by Crippen LogP contribution is 2.37. The normalized spacial score (nSPS) is 14.7. The number of carboxylic acids is 1. The van der Waals surface area contributed by atoms with Crippen molar-refractivity contribution in [1.29, 1.82) is 0 Å². The summed E-state index contributed by atoms with van der Waals surface area (Å²) >= 11 is 0. The lowest BCUT2D eigenvalue weighted by atomic mass is 10.1. The van der Waals surface area contributed by atoms with Crippen LogP contribution in [0.3, 0.4) is 0 Å². The maximum Gasteiger partial charge on any atom is 0.341 e. The van der Waals surface area contributed by atoms with Crippen LogP contribution in [-0.4, -0.2) is 73.7 Å². The second-order valence-corrected chi connectivity index (χ2v) is 9.47. The molecule has 12 nitrogen and oxygen atoms in total. The van der Waals surface area contributed by atoms with Crippen molar-refractivity contribution in [2.75, 3.05) is 50.4 Å². The van der Waals surface area contributed by atoms with Gasteiger partial charge in [-0.15, -0.1) is 0 Å². The summed E-state index contributed by atoms with van der Waals surface area (Å²) in [6.07, 6.45) is 1.70. The number of hydrogen-bond acceptors (Lipinski definition) is 8. The van der Waals surface area contributed by atoms with E-state index >= 15 is 4.39 Å². The predicted octanol–water partition coefficient (Wildman–Crippen LogP) is 2.50. The Morgan fingerprint density at radius 1 is 1.12 bits per heavy atom. The van der Waals surface area contributed by atoms with Gasteiger partial charge >= 0.3 is 5.97 Å². The van der Waals surface area contributed by atoms with Gasteiger partial charge < -0.3 is 39.4 Å². The van der Waals surface area contributed by atoms with Crippen LogP contribution >= 0.6 is 0 Å². The van der Waals surface area contributed by atoms with Crippen LogP contribution in [0, 0.1) is 5.82 Å². The summed E-state index contributed by atoms with van der Waals surface area (Å²) < 4.78 is 33.7. The van der Waals surface area contributed by atoms with Crippen molar-refractivity contribution in [2.45, 2.75) is 26.3 Å². The smallest absolute Gasteiger partial charge is 0.341 e. The highest BCUT2D eigenvalue weighted by Gasteiger charge is 2.30. The fourth-order valence-electron chi connectivity index (χ4n) is 4.79. The van der Waals surface area contributed by atoms with Gasteiger partial charge in [0.1, 0.15) is 11.3 Å². The summed E-state index contributed by atoms with van der Waals surface area (Å²) in [6.45, 7) is 3.74. The molecule has 0 bridgehead atoms. The summed E-state index contributed by atoms with van der Waals surface area (Å²) in [5.74, 6) is -2.98. The Labute approximate surface area is 234 Å². The molecule has 1 fully saturated rings. The third kappa shape index (κ3) is 6.47. The Morgan fingerprint density at radius 2 is 1.88 bits per heavy atom. The average molecular weight is 571 g/mol. The van der Waals surface area contributed by atoms with Crippen molar-refractivity contribution in [1.82, 2.24) is 9.88 Å². The minimum atomic E-state index is -1.53. The number of aromatic nitrogens is 1. The van der Waals surface area contributed by atoms with E-state index < -0.39 is 34.4 Å². The number of carboxylic acid groups (broad SMARTS) is 1. The van der Waals surface area contributed by atoms with Gasteiger partial charge in [-0.2, -0.15) is 0 Å². The van der Waals surface area contributed by atoms with Crippen molar-refractivity contribution in [2.24, 2.45) is 0 Å². The van der Waals surface area contributed by atoms with Gasteiger partial charge in [0.15, 0.2) is 12.6 Å². The van der Waals surface area contributed by atoms with E-state index in [-0.39, 0.29) is 48.5 Å². The first-order valence-corrected chi connectivity index (χ1v) is 12.9. The SMILES string of the molecule is COCCOCOc1ccccc1-n1cc(C(=O)O)c(=O)c2c(NC(C)=O)c(F)c(N3CCC(NC(C)=O)C3)cc21. The minimum absolute atomic E-state index is 0.0756. The largest absolute Gasteiger partial charge is 0.477 e. The van der Waals surface area contributed by atoms with Crippen molar-refractivity contribution in [3.05, 3.63) is 58.1 Å². The molecule has 218 valence electrons. The molecular formula is C28H31FN4O8. The Balaban J connectivity index is 1.95. The van der Waals surface area contributed by atoms with Crippen molar-refractivity contribution < 1.29 is 38.1 Å². The number of nitrogens with one attached hydrogen (secondary N) is 2. The number of anilines is 2. The van der Waals surface area contributed by atoms with Gasteiger partial charge in [0.2, 0.25) is 17.2 Å². The van der Waals surface area contributed by atoms with E-state index in [1.165, 1.54) is 24.7 Å². The first kappa shape index (κ1) is 29.5. The standard InChI is InChI=1S/C28H31FN4O8/c1-16(34)30-18-8-9-32(13-18)22-12-21-24(26(25(22)29)31-17(2)35)27(36)19(28(37)38)14-33(21)20-6-4-5-7-23(20)41-15-40-11-10-39-3/h4-7,12,14,18H,8-11,13,15H2,1-3H3,(H,30,34)(H,31,35)(H,37,38). The maximum atomic E-state index is 16.1. The number of methoxy groups -OCH3 is 1. The van der Waals surface area contributed by atoms with Crippen LogP contribution in [0.25, 0.3) is 16.6 Å². The average Bonchev–Trinajstić information content (AvgIpc) is 3.37. The summed E-state index contributed by atoms with van der Waals surface area (Å²) in [5.41, 5.74) is -1.47. The number of halogens is 1. The van der Waals surface area contributed by atoms with E-state index in [9.17, 15) is 24.3 Å². The predicted molar refractivity (Wildman–Crippen MR) is 149 cm³/mol. The molecule has 4 rings (SSSR count). The summed E-state index contributed by atoms with van der Waals surface area (Å²) in [6, 6.07) is 7.88. The zero-order chi connectivity index (χ0) is 29.7. The van der Waals surface area contributed by atoms with E-state index in [0.717, 1.165) is 13.1 Å². The third-order valence-corrected chi connectivity index (χ3v) is 6.54. The number of fused-ring (bicyclic) bond motifs is 1. The van der Waals surface area contributed by atoms with E-state index in [4.69, 9.17) is 14.2 Å². The lowest BCUT2D eigenvalue weighted by Crippen LogP contribution is -2.35. The van der Waals surface area contributed by atoms with Gasteiger partial charge in [-0.1, -0.05) is 12.1 Å². The number of benzene rings is 2. The number of rotatable bonds is 11. The van der Waals surface area contributed by atoms with E-state index in [2.05, 4.69) is 10.6 Å². The zero-order valence-electron chi connectivity index (χ0n) is 22.9. The summed E-state index contributed by atoms with van der Waals surface area (Å²) in [4.78, 5) is 51.0. The van der Waals surface area contributed by atoms with Gasteiger partial charge in [-0.25, -0.2) is 9.18 Å². The molecule has 1 unspecified atom stereocenters. The number of nitrogens with zero attached hydrogens (tertiary/aromatic N) is 2. The van der Waals surface area contributed by atoms with E-state index in [1.54, 1.807) is 29.2 Å². The number of para-hydroxylation sites is 2. The topological polar surface area (TPSA) is 148 Å². The second-order valence-electron chi connectivity index (χ2n) is 9.47. The van der Waals surface area contributed by atoms with E-state index in [1.807, 2.05) is 0 Å². The number of ether oxygens (including phenoxy) is 3. The molecular weight excluding hydrogens is 539 g/mol. The van der Waals surface area contributed by atoms with Gasteiger partial charge in [0.25, 0.3) is 0 Å². The summed E-state index contributed by atoms with van der Waals surface area (Å²) in [7, 11) is 1.54. The minimum Gasteiger partial charge on any atom is -0.477 e. The lowest BCUT2D eigenvalue weighted by Gasteiger charge is -2.24. The van der Waals surface area contributed by atoms with Gasteiger partial charge in [-0.3, -0.25) is 14.4 Å². The molecule has 41 heavy (non-hydrogen) atoms. The van der Waals surface area contributed by atoms with Gasteiger partial charge in [0.05, 0.1) is 41.2 Å². The molecule has 1 aliphatic heterocycles. The zero-order valence-corrected chi connectivity index (χ0v) is 22.9. The number of carbonyl (C=O) groups is 3. The molecule has 13 heteroatoms. The highest BCUT2D eigenvalue weighted by molar-refractivity contribution is 6.05. The molecule has 0 saturated carbocycles. The van der Waals surface area contributed by atoms with Crippen LogP contribution in [0.4, 0.5) is 15.8 Å². The monoisotopic (exact) mass is 570 g/mol. The molecule has 2 aromatic carbocycles. The van der Waals surface area contributed by atoms with Crippen LogP contribution in [0.15, 0.2) is 41.3 Å². The molecule has 2 amide bonds. The third-order valence-electron chi connectivity index (χ3n) is 6.54. The molecule has 1 atom stereocenters. The van der Waals surface area contributed by atoms with Crippen LogP contribution < -0.4 is 25.7 Å². The quantitative estimate of drug-likeness (QED) is 0.234. The van der Waals surface area contributed by atoms with Gasteiger partial charge in [-0.05, 0) is 24.6 Å². The molecule has 0 radical (unpaired) electrons. The number of amides is 2. The molecule has 1 saturated heterocycles.